The van der Waals surface area contributed by atoms with Gasteiger partial charge >= 0.3 is 0 Å². The summed E-state index contributed by atoms with van der Waals surface area (Å²) in [5, 5.41) is 0. The molecule has 0 heterocycles. The van der Waals surface area contributed by atoms with Gasteiger partial charge in [-0.25, -0.2) is 8.42 Å². The molecule has 5 heteroatoms. The van der Waals surface area contributed by atoms with Gasteiger partial charge in [0, 0.05) is 0 Å². The van der Waals surface area contributed by atoms with E-state index in [4.69, 9.17) is 0 Å². The number of rotatable bonds is 1. The molecule has 38 valence electrons. The molecule has 6 heavy (non-hydrogen) atoms. The van der Waals surface area contributed by atoms with Crippen LogP contribution in [0.1, 0.15) is 0 Å². The Morgan fingerprint density at radius 1 is 1.83 bits per heavy atom. The van der Waals surface area contributed by atoms with E-state index in [0.717, 1.165) is 0 Å². The molecule has 0 aromatic rings. The van der Waals surface area contributed by atoms with E-state index in [2.05, 4.69) is 4.18 Å². The van der Waals surface area contributed by atoms with Crippen molar-refractivity contribution < 1.29 is 12.6 Å². The number of hydrogen-bond acceptors (Lipinski definition) is 3. The highest BCUT2D eigenvalue weighted by Gasteiger charge is 1.63. The van der Waals surface area contributed by atoms with Crippen LogP contribution in [0.4, 0.5) is 0 Å². The van der Waals surface area contributed by atoms with Gasteiger partial charge in [0.2, 0.25) is 0 Å². The van der Waals surface area contributed by atoms with Gasteiger partial charge < -0.3 is 0 Å². The van der Waals surface area contributed by atoms with Crippen LogP contribution in [0.2, 0.25) is 0 Å². The van der Waals surface area contributed by atoms with Crippen molar-refractivity contribution in [3.8, 4) is 0 Å². The van der Waals surface area contributed by atoms with Crippen molar-refractivity contribution in [3.63, 3.8) is 0 Å². The van der Waals surface area contributed by atoms with Crippen molar-refractivity contribution in [3.05, 3.63) is 0 Å². The van der Waals surface area contributed by atoms with Gasteiger partial charge in [-0.1, -0.05) is 0 Å². The molecular weight excluding hydrogens is 124 g/mol. The van der Waals surface area contributed by atoms with Crippen molar-refractivity contribution in [1.29, 1.82) is 0 Å². The van der Waals surface area contributed by atoms with Gasteiger partial charge in [-0.2, -0.15) is 0 Å². The van der Waals surface area contributed by atoms with Crippen molar-refractivity contribution >= 4 is 19.9 Å². The first-order valence-corrected chi connectivity index (χ1v) is 3.65. The SMILES string of the molecule is CO[SH](=O)=S=O. The molecule has 0 N–H and O–H groups in total. The predicted molar refractivity (Wildman–Crippen MR) is 24.7 cm³/mol. The summed E-state index contributed by atoms with van der Waals surface area (Å²) in [6, 6.07) is 0. The maximum atomic E-state index is 9.76. The van der Waals surface area contributed by atoms with E-state index in [1.54, 1.807) is 0 Å². The fraction of sp³-hybridized carbons (Fsp3) is 1.00. The molecule has 0 aliphatic rings. The second-order valence-electron chi connectivity index (χ2n) is 0.481. The van der Waals surface area contributed by atoms with E-state index < -0.39 is 9.64 Å². The molecule has 0 spiro atoms. The Morgan fingerprint density at radius 3 is 2.33 bits per heavy atom. The van der Waals surface area contributed by atoms with E-state index in [1.807, 2.05) is 0 Å². The zero-order valence-corrected chi connectivity index (χ0v) is 4.79. The van der Waals surface area contributed by atoms with Crippen LogP contribution < -0.4 is 0 Å². The molecule has 0 radical (unpaired) electrons. The van der Waals surface area contributed by atoms with E-state index in [1.165, 1.54) is 7.11 Å². The second kappa shape index (κ2) is 3.32. The maximum absolute atomic E-state index is 9.76. The highest BCUT2D eigenvalue weighted by atomic mass is 32.8. The van der Waals surface area contributed by atoms with E-state index >= 15 is 0 Å². The molecule has 0 bridgehead atoms. The van der Waals surface area contributed by atoms with Gasteiger partial charge in [-0.3, -0.25) is 4.18 Å². The lowest BCUT2D eigenvalue weighted by atomic mass is 11.8. The molecule has 0 aliphatic heterocycles. The molecule has 3 nitrogen and oxygen atoms in total. The Balaban J connectivity index is 3.89. The number of hydrogen-bond donors (Lipinski definition) is 1. The minimum atomic E-state index is -1.97. The van der Waals surface area contributed by atoms with Crippen molar-refractivity contribution in [2.45, 2.75) is 0 Å². The van der Waals surface area contributed by atoms with Crippen LogP contribution in [0.3, 0.4) is 0 Å². The average molecular weight is 128 g/mol. The zero-order valence-electron chi connectivity index (χ0n) is 3.08. The van der Waals surface area contributed by atoms with Gasteiger partial charge in [0.15, 0.2) is 19.9 Å². The van der Waals surface area contributed by atoms with E-state index in [9.17, 15) is 8.42 Å². The third-order valence-electron chi connectivity index (χ3n) is 0.210. The Bertz CT molecular complexity index is 117. The lowest BCUT2D eigenvalue weighted by Gasteiger charge is -1.70. The van der Waals surface area contributed by atoms with Crippen LogP contribution in [0, 0.1) is 0 Å². The minimum Gasteiger partial charge on any atom is -0.294 e. The van der Waals surface area contributed by atoms with Crippen LogP contribution >= 0.6 is 0 Å². The highest BCUT2D eigenvalue weighted by Crippen LogP contribution is 1.57. The van der Waals surface area contributed by atoms with Crippen molar-refractivity contribution in [2.75, 3.05) is 7.11 Å². The molecular formula is CH4O3S2. The molecule has 0 saturated heterocycles. The van der Waals surface area contributed by atoms with Crippen molar-refractivity contribution in [1.82, 2.24) is 0 Å². The van der Waals surface area contributed by atoms with Crippen LogP contribution in [0.25, 0.3) is 0 Å². The lowest BCUT2D eigenvalue weighted by molar-refractivity contribution is 0.459. The smallest absolute Gasteiger partial charge is 0.174 e. The van der Waals surface area contributed by atoms with Gasteiger partial charge in [0.1, 0.15) is 0 Å². The third kappa shape index (κ3) is 2.37. The lowest BCUT2D eigenvalue weighted by Crippen LogP contribution is -1.73. The summed E-state index contributed by atoms with van der Waals surface area (Å²) >= 11 is 0. The molecule has 1 unspecified atom stereocenters. The summed E-state index contributed by atoms with van der Waals surface area (Å²) in [4.78, 5) is 0. The van der Waals surface area contributed by atoms with Gasteiger partial charge in [-0.05, 0) is 0 Å². The quantitative estimate of drug-likeness (QED) is 0.468. The normalized spacial score (nSPS) is 13.5. The van der Waals surface area contributed by atoms with Gasteiger partial charge in [0.05, 0.1) is 7.11 Å². The molecule has 0 fully saturated rings. The molecule has 0 amide bonds. The first kappa shape index (κ1) is 6.13. The topological polar surface area (TPSA) is 43.4 Å². The Hall–Kier alpha value is 0.130. The Labute approximate surface area is 40.3 Å². The molecule has 0 aromatic heterocycles. The van der Waals surface area contributed by atoms with Gasteiger partial charge in [0.25, 0.3) is 0 Å². The highest BCUT2D eigenvalue weighted by molar-refractivity contribution is 8.22. The van der Waals surface area contributed by atoms with Crippen LogP contribution in [0.15, 0.2) is 0 Å². The summed E-state index contributed by atoms with van der Waals surface area (Å²) in [5.41, 5.74) is 0. The molecule has 0 rings (SSSR count). The van der Waals surface area contributed by atoms with E-state index in [-0.39, 0.29) is 10.2 Å². The first-order chi connectivity index (χ1) is 2.81. The van der Waals surface area contributed by atoms with Crippen LogP contribution in [-0.2, 0) is 24.0 Å². The summed E-state index contributed by atoms with van der Waals surface area (Å²) in [7, 11) is -0.777. The standard InChI is InChI=1S/CH4O3S2/c1-4-6(3)5-2/h6H,1H3. The monoisotopic (exact) mass is 128 g/mol. The summed E-state index contributed by atoms with van der Waals surface area (Å²) in [5.74, 6) is 0. The minimum absolute atomic E-state index is 0.0382. The van der Waals surface area contributed by atoms with Crippen LogP contribution in [0.5, 0.6) is 0 Å². The first-order valence-electron chi connectivity index (χ1n) is 1.12. The van der Waals surface area contributed by atoms with Crippen LogP contribution in [-0.4, -0.2) is 15.5 Å². The average Bonchev–Trinajstić information content (AvgIpc) is 1.65. The fourth-order valence-electron chi connectivity index (χ4n) is 0.0304. The third-order valence-corrected chi connectivity index (χ3v) is 1.44. The molecule has 0 aliphatic carbocycles. The second-order valence-corrected chi connectivity index (χ2v) is 2.78. The van der Waals surface area contributed by atoms with Gasteiger partial charge in [-0.15, -0.1) is 0 Å². The predicted octanol–water partition coefficient (Wildman–Crippen LogP) is -0.843. The van der Waals surface area contributed by atoms with E-state index in [0.29, 0.717) is 0 Å². The maximum Gasteiger partial charge on any atom is 0.174 e. The molecule has 0 saturated carbocycles. The zero-order chi connectivity index (χ0) is 4.99. The van der Waals surface area contributed by atoms with Crippen molar-refractivity contribution in [2.24, 2.45) is 0 Å². The summed E-state index contributed by atoms with van der Waals surface area (Å²) in [6.07, 6.45) is 0. The Morgan fingerprint density at radius 2 is 2.33 bits per heavy atom. The largest absolute Gasteiger partial charge is 0.294 e. The Kier molecular flexibility index (Phi) is 3.40. The number of thiol groups is 1. The summed E-state index contributed by atoms with van der Waals surface area (Å²) in [6.45, 7) is 0. The molecule has 0 aromatic carbocycles. The summed E-state index contributed by atoms with van der Waals surface area (Å²) < 4.78 is 23.2. The molecule has 1 atom stereocenters. The fourth-order valence-corrected chi connectivity index (χ4v) is 0.274.